The SMILES string of the molecule is Cc1nnc2n1-c1ccc(OC(F)(F)F)cc1C(c1ccc(Cl)cc1)=CC2CC(=O)OC(C)(C)C. The standard InChI is InChI=1S/C25H23ClF3N3O3/c1-14-30-31-23-16(12-22(33)35-24(2,3)4)11-19(15-5-7-17(26)8-6-15)20-13-18(34-25(27,28)29)9-10-21(20)32(14)23/h5-11,13,16H,12H2,1-4H3. The van der Waals surface area contributed by atoms with Gasteiger partial charge in [-0.1, -0.05) is 29.8 Å². The first kappa shape index (κ1) is 24.8. The summed E-state index contributed by atoms with van der Waals surface area (Å²) >= 11 is 6.07. The topological polar surface area (TPSA) is 66.2 Å². The van der Waals surface area contributed by atoms with E-state index in [2.05, 4.69) is 14.9 Å². The van der Waals surface area contributed by atoms with Gasteiger partial charge in [-0.25, -0.2) is 0 Å². The average Bonchev–Trinajstić information content (AvgIpc) is 3.04. The second-order valence-electron chi connectivity index (χ2n) is 9.15. The van der Waals surface area contributed by atoms with E-state index in [1.54, 1.807) is 62.6 Å². The molecular formula is C25H23ClF3N3O3. The summed E-state index contributed by atoms with van der Waals surface area (Å²) < 4.78 is 50.4. The molecule has 0 N–H and O–H groups in total. The highest BCUT2D eigenvalue weighted by Crippen LogP contribution is 2.40. The van der Waals surface area contributed by atoms with Gasteiger partial charge in [0.2, 0.25) is 0 Å². The number of fused-ring (bicyclic) bond motifs is 3. The van der Waals surface area contributed by atoms with Crippen LogP contribution in [0.15, 0.2) is 48.5 Å². The van der Waals surface area contributed by atoms with Gasteiger partial charge < -0.3 is 9.47 Å². The van der Waals surface area contributed by atoms with Crippen molar-refractivity contribution in [2.24, 2.45) is 0 Å². The number of benzene rings is 2. The molecule has 1 aromatic heterocycles. The van der Waals surface area contributed by atoms with E-state index in [1.807, 2.05) is 0 Å². The van der Waals surface area contributed by atoms with Crippen molar-refractivity contribution >= 4 is 23.1 Å². The Kier molecular flexibility index (Phi) is 6.40. The van der Waals surface area contributed by atoms with Crippen molar-refractivity contribution in [1.82, 2.24) is 14.8 Å². The van der Waals surface area contributed by atoms with E-state index in [-0.39, 0.29) is 12.2 Å². The number of aryl methyl sites for hydroxylation is 1. The van der Waals surface area contributed by atoms with E-state index in [4.69, 9.17) is 16.3 Å². The highest BCUT2D eigenvalue weighted by molar-refractivity contribution is 6.30. The van der Waals surface area contributed by atoms with Gasteiger partial charge in [-0.05, 0) is 69.2 Å². The van der Waals surface area contributed by atoms with Crippen molar-refractivity contribution in [1.29, 1.82) is 0 Å². The normalized spacial score (nSPS) is 15.5. The minimum Gasteiger partial charge on any atom is -0.460 e. The first-order chi connectivity index (χ1) is 16.3. The number of nitrogens with zero attached hydrogens (tertiary/aromatic N) is 3. The summed E-state index contributed by atoms with van der Waals surface area (Å²) in [5, 5.41) is 8.97. The zero-order valence-corrected chi connectivity index (χ0v) is 20.2. The number of hydrogen-bond acceptors (Lipinski definition) is 5. The van der Waals surface area contributed by atoms with Gasteiger partial charge in [-0.3, -0.25) is 9.36 Å². The number of allylic oxidation sites excluding steroid dienone is 1. The number of rotatable bonds is 4. The van der Waals surface area contributed by atoms with Crippen LogP contribution in [0.1, 0.15) is 55.9 Å². The van der Waals surface area contributed by atoms with Gasteiger partial charge in [0.1, 0.15) is 23.0 Å². The second-order valence-corrected chi connectivity index (χ2v) is 9.59. The molecule has 1 aliphatic heterocycles. The monoisotopic (exact) mass is 505 g/mol. The highest BCUT2D eigenvalue weighted by atomic mass is 35.5. The minimum absolute atomic E-state index is 0.0353. The summed E-state index contributed by atoms with van der Waals surface area (Å²) in [6, 6.07) is 11.0. The molecule has 0 amide bonds. The van der Waals surface area contributed by atoms with Crippen LogP contribution in [-0.2, 0) is 9.53 Å². The maximum Gasteiger partial charge on any atom is 0.573 e. The number of halogens is 4. The predicted octanol–water partition coefficient (Wildman–Crippen LogP) is 6.39. The molecule has 1 unspecified atom stereocenters. The van der Waals surface area contributed by atoms with Crippen LogP contribution in [0.4, 0.5) is 13.2 Å². The lowest BCUT2D eigenvalue weighted by Gasteiger charge is -2.21. The molecule has 1 atom stereocenters. The first-order valence-corrected chi connectivity index (χ1v) is 11.2. The molecule has 0 saturated heterocycles. The van der Waals surface area contributed by atoms with Crippen LogP contribution in [0.2, 0.25) is 5.02 Å². The van der Waals surface area contributed by atoms with Crippen LogP contribution in [-0.4, -0.2) is 32.7 Å². The van der Waals surface area contributed by atoms with Gasteiger partial charge in [0.25, 0.3) is 0 Å². The van der Waals surface area contributed by atoms with E-state index in [9.17, 15) is 18.0 Å². The van der Waals surface area contributed by atoms with E-state index < -0.39 is 23.9 Å². The molecule has 6 nitrogen and oxygen atoms in total. The molecule has 0 spiro atoms. The summed E-state index contributed by atoms with van der Waals surface area (Å²) in [5.74, 6) is -0.368. The number of ether oxygens (including phenoxy) is 2. The van der Waals surface area contributed by atoms with E-state index >= 15 is 0 Å². The number of carbonyl (C=O) groups is 1. The summed E-state index contributed by atoms with van der Waals surface area (Å²) in [5.41, 5.74) is 1.64. The van der Waals surface area contributed by atoms with Gasteiger partial charge in [0, 0.05) is 16.5 Å². The molecule has 10 heteroatoms. The molecular weight excluding hydrogens is 483 g/mol. The Labute approximate surface area is 205 Å². The molecule has 0 fully saturated rings. The minimum atomic E-state index is -4.85. The quantitative estimate of drug-likeness (QED) is 0.384. The van der Waals surface area contributed by atoms with E-state index in [1.165, 1.54) is 18.2 Å². The van der Waals surface area contributed by atoms with Crippen LogP contribution < -0.4 is 4.74 Å². The fraction of sp³-hybridized carbons (Fsp3) is 0.320. The van der Waals surface area contributed by atoms with Gasteiger partial charge in [0.15, 0.2) is 0 Å². The van der Waals surface area contributed by atoms with Crippen LogP contribution in [0.3, 0.4) is 0 Å². The molecule has 1 aliphatic rings. The maximum absolute atomic E-state index is 13.0. The van der Waals surface area contributed by atoms with Crippen LogP contribution in [0, 0.1) is 6.92 Å². The van der Waals surface area contributed by atoms with Crippen molar-refractivity contribution < 1.29 is 27.4 Å². The average molecular weight is 506 g/mol. The lowest BCUT2D eigenvalue weighted by atomic mass is 9.92. The second kappa shape index (κ2) is 9.03. The molecule has 2 aromatic carbocycles. The largest absolute Gasteiger partial charge is 0.573 e. The number of aromatic nitrogens is 3. The Morgan fingerprint density at radius 3 is 2.40 bits per heavy atom. The summed E-state index contributed by atoms with van der Waals surface area (Å²) in [6.07, 6.45) is -3.08. The lowest BCUT2D eigenvalue weighted by molar-refractivity contribution is -0.274. The van der Waals surface area contributed by atoms with Gasteiger partial charge in [-0.15, -0.1) is 23.4 Å². The first-order valence-electron chi connectivity index (χ1n) is 10.8. The number of esters is 1. The smallest absolute Gasteiger partial charge is 0.460 e. The third-order valence-electron chi connectivity index (χ3n) is 5.24. The Hall–Kier alpha value is -3.33. The molecule has 2 heterocycles. The Morgan fingerprint density at radius 1 is 1.09 bits per heavy atom. The third kappa shape index (κ3) is 5.67. The van der Waals surface area contributed by atoms with Crippen LogP contribution >= 0.6 is 11.6 Å². The zero-order chi connectivity index (χ0) is 25.5. The fourth-order valence-electron chi connectivity index (χ4n) is 4.00. The predicted molar refractivity (Wildman–Crippen MR) is 125 cm³/mol. The Morgan fingerprint density at radius 2 is 1.77 bits per heavy atom. The zero-order valence-electron chi connectivity index (χ0n) is 19.5. The third-order valence-corrected chi connectivity index (χ3v) is 5.50. The van der Waals surface area contributed by atoms with Crippen molar-refractivity contribution in [3.8, 4) is 11.4 Å². The summed E-state index contributed by atoms with van der Waals surface area (Å²) in [6.45, 7) is 7.06. The van der Waals surface area contributed by atoms with Gasteiger partial charge in [0.05, 0.1) is 12.1 Å². The number of alkyl halides is 3. The Balaban J connectivity index is 1.91. The van der Waals surface area contributed by atoms with Gasteiger partial charge >= 0.3 is 12.3 Å². The molecule has 4 rings (SSSR count). The summed E-state index contributed by atoms with van der Waals surface area (Å²) in [4.78, 5) is 12.8. The number of carbonyl (C=O) groups excluding carboxylic acids is 1. The molecule has 3 aromatic rings. The van der Waals surface area contributed by atoms with Crippen molar-refractivity contribution in [2.45, 2.75) is 52.0 Å². The molecule has 0 saturated carbocycles. The highest BCUT2D eigenvalue weighted by Gasteiger charge is 2.33. The molecule has 35 heavy (non-hydrogen) atoms. The van der Waals surface area contributed by atoms with Crippen molar-refractivity contribution in [2.75, 3.05) is 0 Å². The van der Waals surface area contributed by atoms with Crippen LogP contribution in [0.5, 0.6) is 5.75 Å². The van der Waals surface area contributed by atoms with E-state index in [0.717, 1.165) is 0 Å². The molecule has 0 aliphatic carbocycles. The molecule has 184 valence electrons. The van der Waals surface area contributed by atoms with Gasteiger partial charge in [-0.2, -0.15) is 0 Å². The fourth-order valence-corrected chi connectivity index (χ4v) is 4.13. The lowest BCUT2D eigenvalue weighted by Crippen LogP contribution is -2.25. The molecule has 0 bridgehead atoms. The maximum atomic E-state index is 13.0. The van der Waals surface area contributed by atoms with Crippen molar-refractivity contribution in [3.05, 3.63) is 76.3 Å². The molecule has 0 radical (unpaired) electrons. The Bertz CT molecular complexity index is 1290. The van der Waals surface area contributed by atoms with Crippen LogP contribution in [0.25, 0.3) is 11.3 Å². The van der Waals surface area contributed by atoms with Crippen molar-refractivity contribution in [3.63, 3.8) is 0 Å². The number of hydrogen-bond donors (Lipinski definition) is 0. The van der Waals surface area contributed by atoms with E-state index in [0.29, 0.717) is 39.1 Å². The summed E-state index contributed by atoms with van der Waals surface area (Å²) in [7, 11) is 0.